The van der Waals surface area contributed by atoms with E-state index in [0.29, 0.717) is 13.1 Å². The van der Waals surface area contributed by atoms with Gasteiger partial charge in [0, 0.05) is 31.9 Å². The molecule has 1 aromatic carbocycles. The molecule has 0 unspecified atom stereocenters. The maximum atomic E-state index is 13.8. The third-order valence-corrected chi connectivity index (χ3v) is 5.78. The summed E-state index contributed by atoms with van der Waals surface area (Å²) in [5, 5.41) is 8.99. The van der Waals surface area contributed by atoms with Crippen molar-refractivity contribution in [3.8, 4) is 0 Å². The molecule has 154 valence electrons. The van der Waals surface area contributed by atoms with Crippen molar-refractivity contribution in [3.05, 3.63) is 70.3 Å². The molecule has 0 aliphatic rings. The second kappa shape index (κ2) is 7.85. The normalized spacial score (nSPS) is 11.7. The smallest absolute Gasteiger partial charge is 0.233 e. The average Bonchev–Trinajstić information content (AvgIpc) is 3.12. The molecule has 0 saturated carbocycles. The number of benzene rings is 1. The SMILES string of the molecule is Cc1cc(CN(Cc2c(C)nn(C)c2C)C(=O)C(C)(C)c2ccccc2)n(C)n1. The van der Waals surface area contributed by atoms with Gasteiger partial charge >= 0.3 is 0 Å². The highest BCUT2D eigenvalue weighted by Gasteiger charge is 2.34. The van der Waals surface area contributed by atoms with Crippen LogP contribution in [0.5, 0.6) is 0 Å². The molecule has 2 aromatic heterocycles. The van der Waals surface area contributed by atoms with Gasteiger partial charge in [-0.05, 0) is 46.2 Å². The van der Waals surface area contributed by atoms with Crippen molar-refractivity contribution in [2.75, 3.05) is 0 Å². The third-order valence-electron chi connectivity index (χ3n) is 5.78. The Morgan fingerprint density at radius 3 is 2.17 bits per heavy atom. The van der Waals surface area contributed by atoms with Crippen molar-refractivity contribution in [2.24, 2.45) is 14.1 Å². The van der Waals surface area contributed by atoms with Gasteiger partial charge in [-0.25, -0.2) is 0 Å². The van der Waals surface area contributed by atoms with Crippen LogP contribution in [0.15, 0.2) is 36.4 Å². The first-order chi connectivity index (χ1) is 13.6. The Labute approximate surface area is 173 Å². The molecule has 0 N–H and O–H groups in total. The van der Waals surface area contributed by atoms with Crippen molar-refractivity contribution < 1.29 is 4.79 Å². The topological polar surface area (TPSA) is 56.0 Å². The minimum Gasteiger partial charge on any atom is -0.332 e. The highest BCUT2D eigenvalue weighted by Crippen LogP contribution is 2.28. The molecule has 0 fully saturated rings. The van der Waals surface area contributed by atoms with Gasteiger partial charge in [-0.3, -0.25) is 14.2 Å². The summed E-state index contributed by atoms with van der Waals surface area (Å²) in [6.45, 7) is 11.0. The van der Waals surface area contributed by atoms with Crippen molar-refractivity contribution >= 4 is 5.91 Å². The number of hydrogen-bond acceptors (Lipinski definition) is 3. The van der Waals surface area contributed by atoms with E-state index in [-0.39, 0.29) is 5.91 Å². The van der Waals surface area contributed by atoms with E-state index in [0.717, 1.165) is 33.9 Å². The Morgan fingerprint density at radius 1 is 1.00 bits per heavy atom. The number of amides is 1. The number of aryl methyl sites for hydroxylation is 4. The van der Waals surface area contributed by atoms with Crippen LogP contribution >= 0.6 is 0 Å². The van der Waals surface area contributed by atoms with E-state index in [9.17, 15) is 4.79 Å². The molecule has 0 bridgehead atoms. The molecule has 6 nitrogen and oxygen atoms in total. The average molecular weight is 394 g/mol. The minimum absolute atomic E-state index is 0.0882. The van der Waals surface area contributed by atoms with E-state index in [2.05, 4.69) is 17.1 Å². The van der Waals surface area contributed by atoms with Gasteiger partial charge in [-0.2, -0.15) is 10.2 Å². The lowest BCUT2D eigenvalue weighted by atomic mass is 9.83. The highest BCUT2D eigenvalue weighted by molar-refractivity contribution is 5.87. The third kappa shape index (κ3) is 4.11. The van der Waals surface area contributed by atoms with Gasteiger partial charge in [-0.15, -0.1) is 0 Å². The number of carbonyl (C=O) groups is 1. The molecule has 0 atom stereocenters. The standard InChI is InChI=1S/C23H31N5O/c1-16-13-20(27(7)24-16)14-28(15-21-17(2)25-26(6)18(21)3)22(29)23(4,5)19-11-9-8-10-12-19/h8-13H,14-15H2,1-7H3. The zero-order chi connectivity index (χ0) is 21.3. The van der Waals surface area contributed by atoms with Crippen LogP contribution < -0.4 is 0 Å². The summed E-state index contributed by atoms with van der Waals surface area (Å²) in [5.41, 5.74) is 5.48. The van der Waals surface area contributed by atoms with Crippen LogP contribution in [-0.2, 0) is 37.4 Å². The van der Waals surface area contributed by atoms with Gasteiger partial charge in [0.25, 0.3) is 0 Å². The molecule has 29 heavy (non-hydrogen) atoms. The molecule has 1 amide bonds. The Balaban J connectivity index is 1.99. The number of carbonyl (C=O) groups excluding carboxylic acids is 1. The predicted octanol–water partition coefficient (Wildman–Crippen LogP) is 3.59. The molecular formula is C23H31N5O. The monoisotopic (exact) mass is 393 g/mol. The molecule has 0 aliphatic heterocycles. The van der Waals surface area contributed by atoms with Crippen molar-refractivity contribution in [1.29, 1.82) is 0 Å². The van der Waals surface area contributed by atoms with Gasteiger partial charge in [0.2, 0.25) is 5.91 Å². The van der Waals surface area contributed by atoms with Gasteiger partial charge in [0.1, 0.15) is 0 Å². The first-order valence-corrected chi connectivity index (χ1v) is 9.94. The number of rotatable bonds is 6. The number of hydrogen-bond donors (Lipinski definition) is 0. The van der Waals surface area contributed by atoms with Gasteiger partial charge in [0.15, 0.2) is 0 Å². The minimum atomic E-state index is -0.640. The number of nitrogens with zero attached hydrogens (tertiary/aromatic N) is 5. The van der Waals surface area contributed by atoms with E-state index in [1.165, 1.54) is 0 Å². The fourth-order valence-electron chi connectivity index (χ4n) is 3.82. The van der Waals surface area contributed by atoms with Crippen molar-refractivity contribution in [1.82, 2.24) is 24.5 Å². The van der Waals surface area contributed by atoms with Crippen LogP contribution in [0.25, 0.3) is 0 Å². The maximum absolute atomic E-state index is 13.8. The van der Waals surface area contributed by atoms with E-state index in [1.807, 2.05) is 92.5 Å². The van der Waals surface area contributed by atoms with Crippen LogP contribution in [0, 0.1) is 20.8 Å². The van der Waals surface area contributed by atoms with E-state index < -0.39 is 5.41 Å². The molecule has 0 aliphatic carbocycles. The Bertz CT molecular complexity index is 1010. The second-order valence-electron chi connectivity index (χ2n) is 8.33. The molecule has 3 aromatic rings. The summed E-state index contributed by atoms with van der Waals surface area (Å²) >= 11 is 0. The summed E-state index contributed by atoms with van der Waals surface area (Å²) in [7, 11) is 3.87. The van der Waals surface area contributed by atoms with Gasteiger partial charge in [0.05, 0.1) is 29.0 Å². The first-order valence-electron chi connectivity index (χ1n) is 9.94. The Morgan fingerprint density at radius 2 is 1.66 bits per heavy atom. The molecule has 0 saturated heterocycles. The summed E-state index contributed by atoms with van der Waals surface area (Å²) in [6.07, 6.45) is 0. The van der Waals surface area contributed by atoms with Gasteiger partial charge < -0.3 is 4.90 Å². The van der Waals surface area contributed by atoms with Crippen LogP contribution in [0.2, 0.25) is 0 Å². The lowest BCUT2D eigenvalue weighted by Gasteiger charge is -2.32. The summed E-state index contributed by atoms with van der Waals surface area (Å²) in [4.78, 5) is 15.7. The first kappa shape index (κ1) is 20.8. The highest BCUT2D eigenvalue weighted by atomic mass is 16.2. The fraction of sp³-hybridized carbons (Fsp3) is 0.435. The zero-order valence-corrected chi connectivity index (χ0v) is 18.5. The summed E-state index contributed by atoms with van der Waals surface area (Å²) in [6, 6.07) is 12.0. The van der Waals surface area contributed by atoms with Crippen molar-refractivity contribution in [2.45, 2.75) is 53.1 Å². The quantitative estimate of drug-likeness (QED) is 0.643. The summed E-state index contributed by atoms with van der Waals surface area (Å²) in [5.74, 6) is 0.0882. The predicted molar refractivity (Wildman–Crippen MR) is 114 cm³/mol. The second-order valence-corrected chi connectivity index (χ2v) is 8.33. The van der Waals surface area contributed by atoms with Crippen molar-refractivity contribution in [3.63, 3.8) is 0 Å². The molecule has 0 spiro atoms. The molecular weight excluding hydrogens is 362 g/mol. The largest absolute Gasteiger partial charge is 0.332 e. The fourth-order valence-corrected chi connectivity index (χ4v) is 3.82. The van der Waals surface area contributed by atoms with Gasteiger partial charge in [-0.1, -0.05) is 30.3 Å². The Hall–Kier alpha value is -2.89. The van der Waals surface area contributed by atoms with Crippen LogP contribution in [0.4, 0.5) is 0 Å². The lowest BCUT2D eigenvalue weighted by Crippen LogP contribution is -2.43. The summed E-state index contributed by atoms with van der Waals surface area (Å²) < 4.78 is 3.73. The van der Waals surface area contributed by atoms with E-state index >= 15 is 0 Å². The van der Waals surface area contributed by atoms with E-state index in [1.54, 1.807) is 0 Å². The lowest BCUT2D eigenvalue weighted by molar-refractivity contribution is -0.137. The van der Waals surface area contributed by atoms with Crippen LogP contribution in [-0.4, -0.2) is 30.4 Å². The molecule has 0 radical (unpaired) electrons. The Kier molecular flexibility index (Phi) is 5.64. The number of aromatic nitrogens is 4. The molecule has 3 rings (SSSR count). The molecule has 6 heteroatoms. The molecule has 2 heterocycles. The van der Waals surface area contributed by atoms with E-state index in [4.69, 9.17) is 0 Å². The zero-order valence-electron chi connectivity index (χ0n) is 18.5. The van der Waals surface area contributed by atoms with Crippen LogP contribution in [0.3, 0.4) is 0 Å². The maximum Gasteiger partial charge on any atom is 0.233 e. The van der Waals surface area contributed by atoms with Crippen LogP contribution in [0.1, 0.15) is 47.8 Å².